The molecular weight excluding hydrogens is 395 g/mol. The van der Waals surface area contributed by atoms with Gasteiger partial charge in [0.25, 0.3) is 0 Å². The molecule has 0 aliphatic carbocycles. The molecule has 0 spiro atoms. The van der Waals surface area contributed by atoms with Gasteiger partial charge in [-0.15, -0.1) is 12.4 Å². The molecule has 3 aromatic rings. The molecule has 0 fully saturated rings. The van der Waals surface area contributed by atoms with E-state index in [-0.39, 0.29) is 12.4 Å². The Labute approximate surface area is 175 Å². The molecule has 0 atom stereocenters. The van der Waals surface area contributed by atoms with Gasteiger partial charge < -0.3 is 0 Å². The molecule has 1 nitrogen and oxygen atoms in total. The monoisotopic (exact) mass is 417 g/mol. The van der Waals surface area contributed by atoms with Gasteiger partial charge >= 0.3 is 6.18 Å². The number of hydrogen-bond acceptors (Lipinski definition) is 1. The van der Waals surface area contributed by atoms with Gasteiger partial charge in [-0.2, -0.15) is 13.2 Å². The summed E-state index contributed by atoms with van der Waals surface area (Å²) in [5.41, 5.74) is 2.42. The van der Waals surface area contributed by atoms with E-state index >= 15 is 0 Å². The fourth-order valence-electron chi connectivity index (χ4n) is 3.75. The van der Waals surface area contributed by atoms with Crippen LogP contribution in [0.15, 0.2) is 72.8 Å². The Morgan fingerprint density at radius 2 is 1.66 bits per heavy atom. The standard InChI is InChI=1S/C24H22F3N.ClH/c25-24(26,27)23-7-3-6-22(17-23)20-11-14-28(15-12-20)13-10-18-8-9-19-4-1-2-5-21(19)16-18;/h1-9,11,16-17H,10,12-15H2;1H. The fourth-order valence-corrected chi connectivity index (χ4v) is 3.75. The Hall–Kier alpha value is -2.30. The van der Waals surface area contributed by atoms with Crippen molar-refractivity contribution in [1.29, 1.82) is 0 Å². The Bertz CT molecular complexity index is 1010. The SMILES string of the molecule is Cl.FC(F)(F)c1cccc(C2=CCN(CCc3ccc4ccccc4c3)CC2)c1. The van der Waals surface area contributed by atoms with Crippen LogP contribution in [0, 0.1) is 0 Å². The van der Waals surface area contributed by atoms with E-state index in [1.807, 2.05) is 6.07 Å². The molecule has 3 aromatic carbocycles. The van der Waals surface area contributed by atoms with Crippen LogP contribution in [-0.2, 0) is 12.6 Å². The average Bonchev–Trinajstić information content (AvgIpc) is 2.72. The van der Waals surface area contributed by atoms with E-state index < -0.39 is 11.7 Å². The molecule has 1 heterocycles. The van der Waals surface area contributed by atoms with Crippen LogP contribution in [0.1, 0.15) is 23.1 Å². The maximum Gasteiger partial charge on any atom is 0.416 e. The maximum absolute atomic E-state index is 12.9. The van der Waals surface area contributed by atoms with Gasteiger partial charge in [0.15, 0.2) is 0 Å². The summed E-state index contributed by atoms with van der Waals surface area (Å²) in [5, 5.41) is 2.50. The zero-order chi connectivity index (χ0) is 19.6. The molecule has 1 aliphatic heterocycles. The lowest BCUT2D eigenvalue weighted by Gasteiger charge is -2.26. The van der Waals surface area contributed by atoms with Crippen LogP contribution in [0.2, 0.25) is 0 Å². The predicted molar refractivity (Wildman–Crippen MR) is 115 cm³/mol. The van der Waals surface area contributed by atoms with Gasteiger partial charge in [0, 0.05) is 19.6 Å². The highest BCUT2D eigenvalue weighted by Gasteiger charge is 2.30. The van der Waals surface area contributed by atoms with Crippen molar-refractivity contribution < 1.29 is 13.2 Å². The first-order valence-electron chi connectivity index (χ1n) is 9.56. The molecular formula is C24H23ClF3N. The Morgan fingerprint density at radius 1 is 0.862 bits per heavy atom. The molecule has 0 radical (unpaired) electrons. The zero-order valence-electron chi connectivity index (χ0n) is 16.0. The Morgan fingerprint density at radius 3 is 2.38 bits per heavy atom. The number of fused-ring (bicyclic) bond motifs is 1. The Balaban J connectivity index is 0.00000240. The van der Waals surface area contributed by atoms with Crippen LogP contribution in [0.3, 0.4) is 0 Å². The van der Waals surface area contributed by atoms with Gasteiger partial charge in [-0.1, -0.05) is 60.7 Å². The van der Waals surface area contributed by atoms with E-state index in [0.717, 1.165) is 44.1 Å². The molecule has 0 saturated heterocycles. The van der Waals surface area contributed by atoms with Crippen molar-refractivity contribution >= 4 is 28.8 Å². The topological polar surface area (TPSA) is 3.24 Å². The first-order valence-corrected chi connectivity index (χ1v) is 9.56. The van der Waals surface area contributed by atoms with E-state index in [1.165, 1.54) is 28.5 Å². The first-order chi connectivity index (χ1) is 13.5. The third-order valence-electron chi connectivity index (χ3n) is 5.38. The number of hydrogen-bond donors (Lipinski definition) is 0. The summed E-state index contributed by atoms with van der Waals surface area (Å²) in [6.07, 6.45) is -0.479. The molecule has 0 aromatic heterocycles. The molecule has 0 saturated carbocycles. The zero-order valence-corrected chi connectivity index (χ0v) is 16.8. The van der Waals surface area contributed by atoms with Gasteiger partial charge in [-0.3, -0.25) is 4.90 Å². The van der Waals surface area contributed by atoms with Crippen molar-refractivity contribution in [2.24, 2.45) is 0 Å². The average molecular weight is 418 g/mol. The van der Waals surface area contributed by atoms with Gasteiger partial charge in [-0.05, 0) is 52.4 Å². The number of benzene rings is 3. The number of alkyl halides is 3. The molecule has 0 N–H and O–H groups in total. The van der Waals surface area contributed by atoms with E-state index in [0.29, 0.717) is 5.56 Å². The van der Waals surface area contributed by atoms with Gasteiger partial charge in [0.2, 0.25) is 0 Å². The Kier molecular flexibility index (Phi) is 6.66. The third-order valence-corrected chi connectivity index (χ3v) is 5.38. The van der Waals surface area contributed by atoms with E-state index in [4.69, 9.17) is 0 Å². The summed E-state index contributed by atoms with van der Waals surface area (Å²) in [7, 11) is 0. The van der Waals surface area contributed by atoms with Crippen LogP contribution >= 0.6 is 12.4 Å². The lowest BCUT2D eigenvalue weighted by Crippen LogP contribution is -2.30. The normalized spacial score (nSPS) is 15.1. The quantitative estimate of drug-likeness (QED) is 0.461. The van der Waals surface area contributed by atoms with Crippen molar-refractivity contribution in [3.8, 4) is 0 Å². The smallest absolute Gasteiger partial charge is 0.299 e. The van der Waals surface area contributed by atoms with Crippen molar-refractivity contribution in [1.82, 2.24) is 4.90 Å². The highest BCUT2D eigenvalue weighted by atomic mass is 35.5. The molecule has 152 valence electrons. The number of rotatable bonds is 4. The van der Waals surface area contributed by atoms with Crippen molar-refractivity contribution in [2.45, 2.75) is 19.0 Å². The minimum Gasteiger partial charge on any atom is -0.299 e. The summed E-state index contributed by atoms with van der Waals surface area (Å²) in [6, 6.07) is 20.6. The van der Waals surface area contributed by atoms with Gasteiger partial charge in [-0.25, -0.2) is 0 Å². The summed E-state index contributed by atoms with van der Waals surface area (Å²) in [6.45, 7) is 2.60. The molecule has 29 heavy (non-hydrogen) atoms. The van der Waals surface area contributed by atoms with Crippen LogP contribution in [-0.4, -0.2) is 24.5 Å². The molecule has 1 aliphatic rings. The summed E-state index contributed by atoms with van der Waals surface area (Å²) >= 11 is 0. The third kappa shape index (κ3) is 5.20. The lowest BCUT2D eigenvalue weighted by atomic mass is 9.97. The van der Waals surface area contributed by atoms with Crippen molar-refractivity contribution in [2.75, 3.05) is 19.6 Å². The summed E-state index contributed by atoms with van der Waals surface area (Å²) in [5.74, 6) is 0. The predicted octanol–water partition coefficient (Wildman–Crippen LogP) is 6.61. The van der Waals surface area contributed by atoms with Crippen LogP contribution in [0.5, 0.6) is 0 Å². The van der Waals surface area contributed by atoms with E-state index in [1.54, 1.807) is 6.07 Å². The molecule has 0 unspecified atom stereocenters. The van der Waals surface area contributed by atoms with Crippen LogP contribution in [0.25, 0.3) is 16.3 Å². The van der Waals surface area contributed by atoms with Crippen LogP contribution in [0.4, 0.5) is 13.2 Å². The fraction of sp³-hybridized carbons (Fsp3) is 0.250. The second-order valence-corrected chi connectivity index (χ2v) is 7.29. The second kappa shape index (κ2) is 9.02. The molecule has 4 rings (SSSR count). The first kappa shape index (κ1) is 21.4. The second-order valence-electron chi connectivity index (χ2n) is 7.29. The largest absolute Gasteiger partial charge is 0.416 e. The lowest BCUT2D eigenvalue weighted by molar-refractivity contribution is -0.137. The minimum absolute atomic E-state index is 0. The summed E-state index contributed by atoms with van der Waals surface area (Å²) < 4.78 is 38.8. The number of nitrogens with zero attached hydrogens (tertiary/aromatic N) is 1. The minimum atomic E-state index is -4.29. The highest BCUT2D eigenvalue weighted by molar-refractivity contribution is 5.85. The maximum atomic E-state index is 12.9. The van der Waals surface area contributed by atoms with Gasteiger partial charge in [0.05, 0.1) is 5.56 Å². The van der Waals surface area contributed by atoms with Gasteiger partial charge in [0.1, 0.15) is 0 Å². The van der Waals surface area contributed by atoms with Crippen LogP contribution < -0.4 is 0 Å². The molecule has 0 bridgehead atoms. The number of halogens is 4. The van der Waals surface area contributed by atoms with E-state index in [9.17, 15) is 13.2 Å². The highest BCUT2D eigenvalue weighted by Crippen LogP contribution is 2.32. The molecule has 5 heteroatoms. The van der Waals surface area contributed by atoms with Crippen molar-refractivity contribution in [3.05, 3.63) is 89.5 Å². The van der Waals surface area contributed by atoms with Crippen molar-refractivity contribution in [3.63, 3.8) is 0 Å². The molecule has 0 amide bonds. The summed E-state index contributed by atoms with van der Waals surface area (Å²) in [4.78, 5) is 2.35. The van der Waals surface area contributed by atoms with E-state index in [2.05, 4.69) is 47.4 Å².